The van der Waals surface area contributed by atoms with Crippen LogP contribution in [0.4, 0.5) is 0 Å². The maximum absolute atomic E-state index is 11.7. The summed E-state index contributed by atoms with van der Waals surface area (Å²) in [5.74, 6) is 2.52. The number of hydrogen-bond donors (Lipinski definition) is 0. The van der Waals surface area contributed by atoms with Crippen molar-refractivity contribution < 1.29 is 4.79 Å². The van der Waals surface area contributed by atoms with Gasteiger partial charge >= 0.3 is 0 Å². The second-order valence-corrected chi connectivity index (χ2v) is 5.09. The number of hydrogen-bond acceptors (Lipinski definition) is 1. The Hall–Kier alpha value is -0.120. The third kappa shape index (κ3) is 0.721. The Kier molecular flexibility index (Phi) is 1.35. The van der Waals surface area contributed by atoms with E-state index in [1.165, 1.54) is 6.42 Å². The third-order valence-corrected chi connectivity index (χ3v) is 4.29. The summed E-state index contributed by atoms with van der Waals surface area (Å²) in [6.07, 6.45) is 7.95. The molecule has 0 amide bonds. The van der Waals surface area contributed by atoms with E-state index < -0.39 is 0 Å². The molecule has 2 bridgehead atoms. The lowest BCUT2D eigenvalue weighted by Crippen LogP contribution is -2.20. The summed E-state index contributed by atoms with van der Waals surface area (Å²) < 4.78 is 0.973. The topological polar surface area (TPSA) is 17.1 Å². The van der Waals surface area contributed by atoms with Gasteiger partial charge in [0.1, 0.15) is 0 Å². The van der Waals surface area contributed by atoms with Gasteiger partial charge in [0.15, 0.2) is 5.78 Å². The lowest BCUT2D eigenvalue weighted by molar-refractivity contribution is -0.118. The SMILES string of the molecule is O=C1C(I)=C[C@@H]2C3C=CC(C3)[C@H]12. The second-order valence-electron chi connectivity index (χ2n) is 3.93. The van der Waals surface area contributed by atoms with Gasteiger partial charge in [-0.2, -0.15) is 0 Å². The van der Waals surface area contributed by atoms with Gasteiger partial charge in [-0.3, -0.25) is 4.79 Å². The van der Waals surface area contributed by atoms with E-state index in [1.54, 1.807) is 0 Å². The Morgan fingerprint density at radius 2 is 2.08 bits per heavy atom. The largest absolute Gasteiger partial charge is 0.293 e. The fraction of sp³-hybridized carbons (Fsp3) is 0.500. The first-order valence-corrected chi connectivity index (χ1v) is 5.45. The number of halogens is 1. The minimum absolute atomic E-state index is 0.326. The van der Waals surface area contributed by atoms with Crippen molar-refractivity contribution in [1.82, 2.24) is 0 Å². The van der Waals surface area contributed by atoms with Gasteiger partial charge in [0, 0.05) is 5.92 Å². The van der Waals surface area contributed by atoms with Crippen molar-refractivity contribution in [3.05, 3.63) is 21.8 Å². The van der Waals surface area contributed by atoms with Crippen molar-refractivity contribution in [3.63, 3.8) is 0 Å². The van der Waals surface area contributed by atoms with Crippen LogP contribution in [0.25, 0.3) is 0 Å². The van der Waals surface area contributed by atoms with Gasteiger partial charge in [0.25, 0.3) is 0 Å². The Morgan fingerprint density at radius 3 is 2.83 bits per heavy atom. The van der Waals surface area contributed by atoms with E-state index in [-0.39, 0.29) is 0 Å². The Morgan fingerprint density at radius 1 is 1.33 bits per heavy atom. The van der Waals surface area contributed by atoms with E-state index >= 15 is 0 Å². The number of allylic oxidation sites excluding steroid dienone is 4. The molecule has 3 aliphatic carbocycles. The highest BCUT2D eigenvalue weighted by atomic mass is 127. The summed E-state index contributed by atoms with van der Waals surface area (Å²) >= 11 is 2.18. The van der Waals surface area contributed by atoms with Gasteiger partial charge in [-0.05, 0) is 46.8 Å². The lowest BCUT2D eigenvalue weighted by atomic mass is 9.85. The average Bonchev–Trinajstić information content (AvgIpc) is 2.66. The van der Waals surface area contributed by atoms with E-state index in [9.17, 15) is 4.79 Å². The first-order valence-electron chi connectivity index (χ1n) is 4.37. The van der Waals surface area contributed by atoms with Crippen molar-refractivity contribution in [2.24, 2.45) is 23.7 Å². The van der Waals surface area contributed by atoms with E-state index in [2.05, 4.69) is 40.8 Å². The molecule has 4 atom stereocenters. The van der Waals surface area contributed by atoms with E-state index in [4.69, 9.17) is 0 Å². The Balaban J connectivity index is 2.07. The van der Waals surface area contributed by atoms with E-state index in [1.807, 2.05) is 0 Å². The van der Waals surface area contributed by atoms with E-state index in [0.717, 1.165) is 3.58 Å². The molecule has 0 N–H and O–H groups in total. The molecule has 3 rings (SSSR count). The van der Waals surface area contributed by atoms with Crippen LogP contribution in [0, 0.1) is 23.7 Å². The summed E-state index contributed by atoms with van der Waals surface area (Å²) in [5.41, 5.74) is 0. The molecule has 2 unspecified atom stereocenters. The fourth-order valence-electron chi connectivity index (χ4n) is 2.87. The first kappa shape index (κ1) is 7.30. The quantitative estimate of drug-likeness (QED) is 0.488. The highest BCUT2D eigenvalue weighted by Gasteiger charge is 2.50. The lowest BCUT2D eigenvalue weighted by Gasteiger charge is -2.17. The summed E-state index contributed by atoms with van der Waals surface area (Å²) in [7, 11) is 0. The molecule has 1 nitrogen and oxygen atoms in total. The van der Waals surface area contributed by atoms with Crippen LogP contribution >= 0.6 is 22.6 Å². The van der Waals surface area contributed by atoms with Crippen molar-refractivity contribution >= 4 is 28.4 Å². The molecule has 0 heterocycles. The van der Waals surface area contributed by atoms with Crippen molar-refractivity contribution in [1.29, 1.82) is 0 Å². The predicted molar refractivity (Wildman–Crippen MR) is 54.8 cm³/mol. The molecule has 0 saturated heterocycles. The zero-order chi connectivity index (χ0) is 8.29. The summed E-state index contributed by atoms with van der Waals surface area (Å²) in [6.45, 7) is 0. The number of Topliss-reactive ketones (excluding diaryl/α,β-unsaturated/α-hetero) is 1. The molecule has 0 aromatic heterocycles. The minimum Gasteiger partial charge on any atom is -0.293 e. The molecule has 2 heteroatoms. The van der Waals surface area contributed by atoms with Crippen LogP contribution in [0.5, 0.6) is 0 Å². The molecule has 0 spiro atoms. The molecule has 0 aliphatic heterocycles. The van der Waals surface area contributed by atoms with Crippen LogP contribution in [0.1, 0.15) is 6.42 Å². The van der Waals surface area contributed by atoms with Gasteiger partial charge in [0.2, 0.25) is 0 Å². The predicted octanol–water partition coefficient (Wildman–Crippen LogP) is 2.33. The molecule has 1 saturated carbocycles. The number of fused-ring (bicyclic) bond motifs is 5. The smallest absolute Gasteiger partial charge is 0.172 e. The molecular formula is C10H9IO. The van der Waals surface area contributed by atoms with Crippen LogP contribution in [0.3, 0.4) is 0 Å². The number of rotatable bonds is 0. The Labute approximate surface area is 85.1 Å². The highest BCUT2D eigenvalue weighted by Crippen LogP contribution is 2.53. The molecule has 0 aromatic carbocycles. The average molecular weight is 272 g/mol. The summed E-state index contributed by atoms with van der Waals surface area (Å²) in [5, 5.41) is 0. The van der Waals surface area contributed by atoms with Gasteiger partial charge in [-0.15, -0.1) is 0 Å². The maximum Gasteiger partial charge on any atom is 0.172 e. The molecular weight excluding hydrogens is 263 g/mol. The standard InChI is InChI=1S/C10H9IO/c11-8-4-7-5-1-2-6(3-5)9(7)10(8)12/h1-2,4-7,9H,3H2/t5?,6?,7-,9+/m1/s1. The number of ketones is 1. The van der Waals surface area contributed by atoms with Gasteiger partial charge in [0.05, 0.1) is 3.58 Å². The highest BCUT2D eigenvalue weighted by molar-refractivity contribution is 14.1. The van der Waals surface area contributed by atoms with Gasteiger partial charge < -0.3 is 0 Å². The van der Waals surface area contributed by atoms with Crippen molar-refractivity contribution in [2.45, 2.75) is 6.42 Å². The third-order valence-electron chi connectivity index (χ3n) is 3.40. The zero-order valence-electron chi connectivity index (χ0n) is 6.53. The van der Waals surface area contributed by atoms with Crippen molar-refractivity contribution in [3.8, 4) is 0 Å². The minimum atomic E-state index is 0.326. The van der Waals surface area contributed by atoms with E-state index in [0.29, 0.717) is 29.5 Å². The normalized spacial score (nSPS) is 48.4. The monoisotopic (exact) mass is 272 g/mol. The van der Waals surface area contributed by atoms with Gasteiger partial charge in [-0.25, -0.2) is 0 Å². The van der Waals surface area contributed by atoms with Crippen molar-refractivity contribution in [2.75, 3.05) is 0 Å². The Bertz CT molecular complexity index is 316. The molecule has 0 aromatic rings. The molecule has 0 radical (unpaired) electrons. The molecule has 1 fully saturated rings. The summed E-state index contributed by atoms with van der Waals surface area (Å²) in [6, 6.07) is 0. The molecule has 3 aliphatic rings. The molecule has 62 valence electrons. The summed E-state index contributed by atoms with van der Waals surface area (Å²) in [4.78, 5) is 11.7. The van der Waals surface area contributed by atoms with Crippen LogP contribution in [-0.4, -0.2) is 5.78 Å². The second kappa shape index (κ2) is 2.22. The van der Waals surface area contributed by atoms with Crippen LogP contribution in [-0.2, 0) is 4.79 Å². The maximum atomic E-state index is 11.7. The molecule has 12 heavy (non-hydrogen) atoms. The first-order chi connectivity index (χ1) is 5.77. The van der Waals surface area contributed by atoms with Crippen LogP contribution in [0.2, 0.25) is 0 Å². The zero-order valence-corrected chi connectivity index (χ0v) is 8.69. The van der Waals surface area contributed by atoms with Crippen LogP contribution < -0.4 is 0 Å². The number of carbonyl (C=O) groups excluding carboxylic acids is 1. The van der Waals surface area contributed by atoms with Gasteiger partial charge in [-0.1, -0.05) is 18.2 Å². The van der Waals surface area contributed by atoms with Crippen LogP contribution in [0.15, 0.2) is 21.8 Å². The number of carbonyl (C=O) groups is 1. The fourth-order valence-corrected chi connectivity index (χ4v) is 3.64.